The topological polar surface area (TPSA) is 0 Å². The molecule has 55 valence electrons. The highest BCUT2D eigenvalue weighted by molar-refractivity contribution is 5.38. The van der Waals surface area contributed by atoms with E-state index in [0.29, 0.717) is 5.92 Å². The Morgan fingerprint density at radius 3 is 2.91 bits per heavy atom. The highest BCUT2D eigenvalue weighted by Crippen LogP contribution is 2.25. The molecule has 0 amide bonds. The molecule has 0 aromatic heterocycles. The number of hydrogen-bond donors (Lipinski definition) is 0. The van der Waals surface area contributed by atoms with Crippen molar-refractivity contribution in [1.82, 2.24) is 0 Å². The molecule has 0 nitrogen and oxygen atoms in total. The Balaban J connectivity index is 2.50. The first-order valence-electron chi connectivity index (χ1n) is 3.95. The Labute approximate surface area is 67.6 Å². The van der Waals surface area contributed by atoms with Crippen molar-refractivity contribution >= 4 is 0 Å². The maximum Gasteiger partial charge on any atom is 0.00212 e. The number of hydrogen-bond acceptors (Lipinski definition) is 0. The molecular weight excluding hydrogens is 132 g/mol. The van der Waals surface area contributed by atoms with Gasteiger partial charge in [0.05, 0.1) is 0 Å². The van der Waals surface area contributed by atoms with E-state index < -0.39 is 0 Å². The minimum Gasteiger partial charge on any atom is -0.0835 e. The molecular formula is C11H11. The van der Waals surface area contributed by atoms with Crippen LogP contribution in [0.5, 0.6) is 0 Å². The Bertz CT molecular complexity index is 284. The van der Waals surface area contributed by atoms with E-state index in [1.165, 1.54) is 11.1 Å². The second-order valence-corrected chi connectivity index (χ2v) is 2.94. The molecule has 0 heteroatoms. The number of fused-ring (bicyclic) bond motifs is 1. The second kappa shape index (κ2) is 2.54. The monoisotopic (exact) mass is 143 g/mol. The first-order valence-corrected chi connectivity index (χ1v) is 3.95. The van der Waals surface area contributed by atoms with Crippen LogP contribution in [0.3, 0.4) is 0 Å². The molecule has 1 aliphatic carbocycles. The summed E-state index contributed by atoms with van der Waals surface area (Å²) in [6.07, 6.45) is 5.44. The van der Waals surface area contributed by atoms with Crippen molar-refractivity contribution < 1.29 is 0 Å². The Morgan fingerprint density at radius 2 is 2.09 bits per heavy atom. The van der Waals surface area contributed by atoms with Crippen molar-refractivity contribution in [3.63, 3.8) is 0 Å². The second-order valence-electron chi connectivity index (χ2n) is 2.94. The van der Waals surface area contributed by atoms with Crippen LogP contribution in [0.15, 0.2) is 36.4 Å². The van der Waals surface area contributed by atoms with E-state index in [4.69, 9.17) is 0 Å². The van der Waals surface area contributed by atoms with Crippen LogP contribution in [0.1, 0.15) is 17.0 Å². The van der Waals surface area contributed by atoms with Crippen LogP contribution < -0.4 is 0 Å². The van der Waals surface area contributed by atoms with E-state index >= 15 is 0 Å². The fourth-order valence-electron chi connectivity index (χ4n) is 1.54. The number of allylic oxidation sites excluding steroid dienone is 2. The molecule has 1 atom stereocenters. The molecule has 0 N–H and O–H groups in total. The lowest BCUT2D eigenvalue weighted by Crippen LogP contribution is -2.00. The van der Waals surface area contributed by atoms with Gasteiger partial charge in [-0.3, -0.25) is 0 Å². The normalized spacial score (nSPS) is 21.4. The fraction of sp³-hybridized carbons (Fsp3) is 0.182. The SMILES string of the molecule is [CH2]C1C=CCc2ccccc21. The first-order chi connectivity index (χ1) is 5.38. The lowest BCUT2D eigenvalue weighted by atomic mass is 9.89. The summed E-state index contributed by atoms with van der Waals surface area (Å²) >= 11 is 0. The van der Waals surface area contributed by atoms with E-state index in [-0.39, 0.29) is 0 Å². The van der Waals surface area contributed by atoms with Crippen molar-refractivity contribution in [3.05, 3.63) is 54.5 Å². The zero-order valence-electron chi connectivity index (χ0n) is 6.46. The van der Waals surface area contributed by atoms with Crippen LogP contribution in [0.25, 0.3) is 0 Å². The molecule has 1 aliphatic rings. The predicted molar refractivity (Wildman–Crippen MR) is 47.4 cm³/mol. The van der Waals surface area contributed by atoms with Gasteiger partial charge in [0.25, 0.3) is 0 Å². The standard InChI is InChI=1S/C11H11/c1-9-5-4-7-10-6-2-3-8-11(9)10/h2-6,8-9H,1,7H2. The van der Waals surface area contributed by atoms with Gasteiger partial charge in [-0.25, -0.2) is 0 Å². The minimum absolute atomic E-state index is 0.361. The summed E-state index contributed by atoms with van der Waals surface area (Å²) in [6.45, 7) is 4.05. The molecule has 0 fully saturated rings. The lowest BCUT2D eigenvalue weighted by molar-refractivity contribution is 0.987. The van der Waals surface area contributed by atoms with E-state index in [1.54, 1.807) is 0 Å². The van der Waals surface area contributed by atoms with Crippen LogP contribution in [0.4, 0.5) is 0 Å². The summed E-state index contributed by atoms with van der Waals surface area (Å²) in [7, 11) is 0. The van der Waals surface area contributed by atoms with Gasteiger partial charge in [0.1, 0.15) is 0 Å². The predicted octanol–water partition coefficient (Wildman–Crippen LogP) is 2.72. The Kier molecular flexibility index (Phi) is 1.54. The van der Waals surface area contributed by atoms with Gasteiger partial charge in [-0.15, -0.1) is 0 Å². The number of rotatable bonds is 0. The van der Waals surface area contributed by atoms with Gasteiger partial charge < -0.3 is 0 Å². The van der Waals surface area contributed by atoms with Crippen molar-refractivity contribution in [2.45, 2.75) is 12.3 Å². The quantitative estimate of drug-likeness (QED) is 0.490. The van der Waals surface area contributed by atoms with Gasteiger partial charge in [0.2, 0.25) is 0 Å². The van der Waals surface area contributed by atoms with Crippen molar-refractivity contribution in [2.75, 3.05) is 0 Å². The third kappa shape index (κ3) is 1.09. The summed E-state index contributed by atoms with van der Waals surface area (Å²) in [5, 5.41) is 0. The molecule has 0 saturated heterocycles. The molecule has 0 spiro atoms. The van der Waals surface area contributed by atoms with Crippen LogP contribution in [-0.4, -0.2) is 0 Å². The summed E-state index contributed by atoms with van der Waals surface area (Å²) in [6, 6.07) is 8.51. The zero-order valence-corrected chi connectivity index (χ0v) is 6.46. The van der Waals surface area contributed by atoms with Gasteiger partial charge >= 0.3 is 0 Å². The molecule has 2 rings (SSSR count). The smallest absolute Gasteiger partial charge is 0.00212 e. The number of benzene rings is 1. The summed E-state index contributed by atoms with van der Waals surface area (Å²) in [4.78, 5) is 0. The molecule has 1 aromatic rings. The molecule has 1 radical (unpaired) electrons. The molecule has 1 aromatic carbocycles. The van der Waals surface area contributed by atoms with Gasteiger partial charge in [0, 0.05) is 5.92 Å². The summed E-state index contributed by atoms with van der Waals surface area (Å²) in [5.74, 6) is 0.361. The zero-order chi connectivity index (χ0) is 7.68. The van der Waals surface area contributed by atoms with Crippen LogP contribution in [-0.2, 0) is 6.42 Å². The average molecular weight is 143 g/mol. The summed E-state index contributed by atoms with van der Waals surface area (Å²) in [5.41, 5.74) is 2.81. The van der Waals surface area contributed by atoms with Crippen LogP contribution >= 0.6 is 0 Å². The lowest BCUT2D eigenvalue weighted by Gasteiger charge is -2.15. The van der Waals surface area contributed by atoms with Crippen molar-refractivity contribution in [1.29, 1.82) is 0 Å². The van der Waals surface area contributed by atoms with Gasteiger partial charge in [0.15, 0.2) is 0 Å². The minimum atomic E-state index is 0.361. The van der Waals surface area contributed by atoms with E-state index in [1.807, 2.05) is 0 Å². The Hall–Kier alpha value is -1.04. The Morgan fingerprint density at radius 1 is 1.27 bits per heavy atom. The third-order valence-corrected chi connectivity index (χ3v) is 2.16. The van der Waals surface area contributed by atoms with E-state index in [0.717, 1.165) is 6.42 Å². The van der Waals surface area contributed by atoms with Crippen LogP contribution in [0, 0.1) is 6.92 Å². The highest BCUT2D eigenvalue weighted by atomic mass is 14.1. The highest BCUT2D eigenvalue weighted by Gasteiger charge is 2.09. The maximum absolute atomic E-state index is 4.05. The molecule has 0 heterocycles. The van der Waals surface area contributed by atoms with Crippen molar-refractivity contribution in [2.24, 2.45) is 0 Å². The molecule has 0 aliphatic heterocycles. The first kappa shape index (κ1) is 6.66. The maximum atomic E-state index is 4.05. The largest absolute Gasteiger partial charge is 0.0835 e. The summed E-state index contributed by atoms with van der Waals surface area (Å²) < 4.78 is 0. The van der Waals surface area contributed by atoms with E-state index in [2.05, 4.69) is 43.3 Å². The van der Waals surface area contributed by atoms with Crippen molar-refractivity contribution in [3.8, 4) is 0 Å². The van der Waals surface area contributed by atoms with Gasteiger partial charge in [-0.05, 0) is 24.5 Å². The van der Waals surface area contributed by atoms with Gasteiger partial charge in [-0.2, -0.15) is 0 Å². The molecule has 0 saturated carbocycles. The average Bonchev–Trinajstić information content (AvgIpc) is 2.06. The van der Waals surface area contributed by atoms with E-state index in [9.17, 15) is 0 Å². The van der Waals surface area contributed by atoms with Crippen LogP contribution in [0.2, 0.25) is 0 Å². The molecule has 1 unspecified atom stereocenters. The fourth-order valence-corrected chi connectivity index (χ4v) is 1.54. The third-order valence-electron chi connectivity index (χ3n) is 2.16. The molecule has 0 bridgehead atoms. The molecule has 11 heavy (non-hydrogen) atoms. The van der Waals surface area contributed by atoms with Gasteiger partial charge in [-0.1, -0.05) is 36.4 Å².